The fourth-order valence-corrected chi connectivity index (χ4v) is 4.67. The first-order valence-corrected chi connectivity index (χ1v) is 9.24. The predicted molar refractivity (Wildman–Crippen MR) is 97.4 cm³/mol. The van der Waals surface area contributed by atoms with Gasteiger partial charge in [0.05, 0.1) is 6.10 Å². The minimum absolute atomic E-state index is 0.147. The van der Waals surface area contributed by atoms with Gasteiger partial charge in [0.25, 0.3) is 0 Å². The largest absolute Gasteiger partial charge is 0.392 e. The number of hydrogen-bond donors (Lipinski definition) is 1. The van der Waals surface area contributed by atoms with Crippen molar-refractivity contribution in [1.29, 1.82) is 0 Å². The normalized spacial score (nSPS) is 21.5. The summed E-state index contributed by atoms with van der Waals surface area (Å²) < 4.78 is 2.07. The van der Waals surface area contributed by atoms with Crippen molar-refractivity contribution in [3.63, 3.8) is 0 Å². The monoisotopic (exact) mass is 338 g/mol. The van der Waals surface area contributed by atoms with Crippen LogP contribution in [0.4, 0.5) is 0 Å². The number of fused-ring (bicyclic) bond motifs is 2. The van der Waals surface area contributed by atoms with E-state index in [0.717, 1.165) is 38.8 Å². The Hall–Kier alpha value is -2.07. The van der Waals surface area contributed by atoms with Crippen LogP contribution >= 0.6 is 0 Å². The lowest BCUT2D eigenvalue weighted by atomic mass is 9.72. The number of carbonyl (C=O) groups is 1. The number of carbonyl (C=O) groups excluding carboxylic acids is 1. The van der Waals surface area contributed by atoms with Gasteiger partial charge in [0.15, 0.2) is 0 Å². The molecule has 2 aliphatic rings. The number of aliphatic hydroxyl groups excluding tert-OH is 1. The molecule has 1 amide bonds. The molecule has 1 spiro atoms. The smallest absolute Gasteiger partial charge is 0.222 e. The molecule has 0 unspecified atom stereocenters. The molecular formula is C21H26N2O2. The summed E-state index contributed by atoms with van der Waals surface area (Å²) in [6.07, 6.45) is 5.52. The van der Waals surface area contributed by atoms with Gasteiger partial charge in [0, 0.05) is 43.9 Å². The molecule has 1 atom stereocenters. The highest BCUT2D eigenvalue weighted by Crippen LogP contribution is 2.46. The third kappa shape index (κ3) is 2.78. The zero-order valence-electron chi connectivity index (χ0n) is 14.8. The lowest BCUT2D eigenvalue weighted by Gasteiger charge is -2.42. The zero-order chi connectivity index (χ0) is 17.4. The van der Waals surface area contributed by atoms with Gasteiger partial charge in [-0.1, -0.05) is 24.3 Å². The van der Waals surface area contributed by atoms with Crippen molar-refractivity contribution in [3.8, 4) is 0 Å². The second-order valence-electron chi connectivity index (χ2n) is 7.52. The summed E-state index contributed by atoms with van der Waals surface area (Å²) in [4.78, 5) is 14.6. The van der Waals surface area contributed by atoms with Crippen LogP contribution in [0.3, 0.4) is 0 Å². The maximum absolute atomic E-state index is 12.6. The highest BCUT2D eigenvalue weighted by Gasteiger charge is 2.47. The summed E-state index contributed by atoms with van der Waals surface area (Å²) in [6.45, 7) is 1.49. The van der Waals surface area contributed by atoms with Crippen molar-refractivity contribution in [2.75, 3.05) is 13.1 Å². The number of benzene rings is 1. The number of likely N-dealkylation sites (tertiary alicyclic amines) is 1. The SMILES string of the molecule is Cn1cccc1CCC(=O)N1CCC2(CC1)c1ccccc1C[C@@H]2O. The first-order chi connectivity index (χ1) is 12.1. The molecule has 25 heavy (non-hydrogen) atoms. The van der Waals surface area contributed by atoms with Crippen molar-refractivity contribution in [2.24, 2.45) is 7.05 Å². The molecule has 4 rings (SSSR count). The molecule has 1 aromatic carbocycles. The van der Waals surface area contributed by atoms with E-state index in [2.05, 4.69) is 28.8 Å². The predicted octanol–water partition coefficient (Wildman–Crippen LogP) is 2.44. The molecule has 1 aliphatic carbocycles. The number of rotatable bonds is 3. The van der Waals surface area contributed by atoms with E-state index in [1.165, 1.54) is 16.8 Å². The summed E-state index contributed by atoms with van der Waals surface area (Å²) in [6, 6.07) is 12.5. The summed E-state index contributed by atoms with van der Waals surface area (Å²) >= 11 is 0. The van der Waals surface area contributed by atoms with Gasteiger partial charge >= 0.3 is 0 Å². The topological polar surface area (TPSA) is 45.5 Å². The van der Waals surface area contributed by atoms with Crippen molar-refractivity contribution < 1.29 is 9.90 Å². The number of piperidine rings is 1. The van der Waals surface area contributed by atoms with Crippen LogP contribution in [0, 0.1) is 0 Å². The first-order valence-electron chi connectivity index (χ1n) is 9.24. The lowest BCUT2D eigenvalue weighted by molar-refractivity contribution is -0.133. The Morgan fingerprint density at radius 2 is 1.96 bits per heavy atom. The second kappa shape index (κ2) is 6.34. The number of aryl methyl sites for hydroxylation is 2. The Bertz CT molecular complexity index is 772. The van der Waals surface area contributed by atoms with Gasteiger partial charge in [-0.25, -0.2) is 0 Å². The van der Waals surface area contributed by atoms with Gasteiger partial charge in [0.1, 0.15) is 0 Å². The fraction of sp³-hybridized carbons (Fsp3) is 0.476. The van der Waals surface area contributed by atoms with E-state index in [4.69, 9.17) is 0 Å². The Morgan fingerprint density at radius 3 is 2.68 bits per heavy atom. The van der Waals surface area contributed by atoms with E-state index >= 15 is 0 Å². The highest BCUT2D eigenvalue weighted by atomic mass is 16.3. The molecule has 2 aromatic rings. The molecule has 0 saturated carbocycles. The maximum atomic E-state index is 12.6. The average molecular weight is 338 g/mol. The molecular weight excluding hydrogens is 312 g/mol. The molecule has 4 nitrogen and oxygen atoms in total. The van der Waals surface area contributed by atoms with E-state index in [-0.39, 0.29) is 17.4 Å². The third-order valence-corrected chi connectivity index (χ3v) is 6.26. The van der Waals surface area contributed by atoms with Gasteiger partial charge in [-0.05, 0) is 48.9 Å². The van der Waals surface area contributed by atoms with Crippen LogP contribution < -0.4 is 0 Å². The van der Waals surface area contributed by atoms with E-state index in [0.29, 0.717) is 6.42 Å². The summed E-state index contributed by atoms with van der Waals surface area (Å²) in [5, 5.41) is 10.7. The minimum Gasteiger partial charge on any atom is -0.392 e. The van der Waals surface area contributed by atoms with Crippen molar-refractivity contribution in [2.45, 2.75) is 43.6 Å². The molecule has 132 valence electrons. The Kier molecular flexibility index (Phi) is 4.16. The summed E-state index contributed by atoms with van der Waals surface area (Å²) in [5.74, 6) is 0.233. The van der Waals surface area contributed by atoms with E-state index in [1.54, 1.807) is 0 Å². The molecule has 4 heteroatoms. The molecule has 0 bridgehead atoms. The average Bonchev–Trinajstić information content (AvgIpc) is 3.15. The van der Waals surface area contributed by atoms with Gasteiger partial charge in [-0.15, -0.1) is 0 Å². The highest BCUT2D eigenvalue weighted by molar-refractivity contribution is 5.76. The number of aromatic nitrogens is 1. The van der Waals surface area contributed by atoms with Crippen LogP contribution in [0.25, 0.3) is 0 Å². The minimum atomic E-state index is -0.314. The number of nitrogens with zero attached hydrogens (tertiary/aromatic N) is 2. The lowest BCUT2D eigenvalue weighted by Crippen LogP contribution is -2.49. The van der Waals surface area contributed by atoms with Crippen molar-refractivity contribution in [1.82, 2.24) is 9.47 Å². The van der Waals surface area contributed by atoms with Crippen LogP contribution in [-0.4, -0.2) is 39.7 Å². The summed E-state index contributed by atoms with van der Waals surface area (Å²) in [5.41, 5.74) is 3.63. The van der Waals surface area contributed by atoms with Gasteiger partial charge in [-0.3, -0.25) is 4.79 Å². The molecule has 2 heterocycles. The Morgan fingerprint density at radius 1 is 1.20 bits per heavy atom. The Labute approximate surface area is 149 Å². The quantitative estimate of drug-likeness (QED) is 0.934. The molecule has 1 aliphatic heterocycles. The van der Waals surface area contributed by atoms with Crippen LogP contribution in [0.2, 0.25) is 0 Å². The second-order valence-corrected chi connectivity index (χ2v) is 7.52. The van der Waals surface area contributed by atoms with E-state index < -0.39 is 0 Å². The standard InChI is InChI=1S/C21H26N2O2/c1-22-12-4-6-17(22)8-9-20(25)23-13-10-21(11-14-23)18-7-3-2-5-16(18)15-19(21)24/h2-7,12,19,24H,8-11,13-15H2,1H3/t19-/m0/s1. The molecule has 1 fully saturated rings. The Balaban J connectivity index is 1.40. The first kappa shape index (κ1) is 16.4. The molecule has 1 N–H and O–H groups in total. The fourth-order valence-electron chi connectivity index (χ4n) is 4.67. The maximum Gasteiger partial charge on any atom is 0.222 e. The van der Waals surface area contributed by atoms with Gasteiger partial charge < -0.3 is 14.6 Å². The van der Waals surface area contributed by atoms with Crippen LogP contribution in [-0.2, 0) is 30.1 Å². The third-order valence-electron chi connectivity index (χ3n) is 6.26. The van der Waals surface area contributed by atoms with Crippen LogP contribution in [0.15, 0.2) is 42.6 Å². The molecule has 1 saturated heterocycles. The van der Waals surface area contributed by atoms with Crippen molar-refractivity contribution >= 4 is 5.91 Å². The van der Waals surface area contributed by atoms with E-state index in [1.807, 2.05) is 30.3 Å². The van der Waals surface area contributed by atoms with Crippen molar-refractivity contribution in [3.05, 3.63) is 59.4 Å². The summed E-state index contributed by atoms with van der Waals surface area (Å²) in [7, 11) is 2.02. The van der Waals surface area contributed by atoms with Crippen LogP contribution in [0.5, 0.6) is 0 Å². The van der Waals surface area contributed by atoms with Crippen LogP contribution in [0.1, 0.15) is 36.1 Å². The van der Waals surface area contributed by atoms with Gasteiger partial charge in [0.2, 0.25) is 5.91 Å². The number of amides is 1. The zero-order valence-corrected chi connectivity index (χ0v) is 14.8. The number of hydrogen-bond acceptors (Lipinski definition) is 2. The van der Waals surface area contributed by atoms with Gasteiger partial charge in [-0.2, -0.15) is 0 Å². The van der Waals surface area contributed by atoms with E-state index in [9.17, 15) is 9.90 Å². The molecule has 1 aromatic heterocycles. The number of aliphatic hydroxyl groups is 1. The molecule has 0 radical (unpaired) electrons.